The van der Waals surface area contributed by atoms with E-state index < -0.39 is 10.9 Å². The zero-order chi connectivity index (χ0) is 21.8. The maximum absolute atomic E-state index is 12.8. The van der Waals surface area contributed by atoms with Gasteiger partial charge in [0.1, 0.15) is 12.3 Å². The Balaban J connectivity index is 1.36. The lowest BCUT2D eigenvalue weighted by molar-refractivity contribution is -0.384. The maximum atomic E-state index is 12.8. The number of nitro benzene ring substituents is 1. The van der Waals surface area contributed by atoms with E-state index in [-0.39, 0.29) is 24.2 Å². The van der Waals surface area contributed by atoms with E-state index in [0.717, 1.165) is 17.7 Å². The second-order valence-electron chi connectivity index (χ2n) is 7.57. The number of amides is 1. The van der Waals surface area contributed by atoms with Gasteiger partial charge in [-0.3, -0.25) is 14.9 Å². The summed E-state index contributed by atoms with van der Waals surface area (Å²) < 4.78 is 5.45. The number of ether oxygens (including phenoxy) is 1. The topological polar surface area (TPSA) is 89.7 Å². The highest BCUT2D eigenvalue weighted by Gasteiger charge is 2.47. The highest BCUT2D eigenvalue weighted by Crippen LogP contribution is 2.40. The monoisotopic (exact) mass is 438 g/mol. The fourth-order valence-electron chi connectivity index (χ4n) is 3.84. The van der Waals surface area contributed by atoms with Crippen LogP contribution in [0.5, 0.6) is 0 Å². The molecule has 1 atom stereocenters. The Morgan fingerprint density at radius 1 is 1.10 bits per heavy atom. The molecule has 1 saturated heterocycles. The van der Waals surface area contributed by atoms with Crippen molar-refractivity contribution < 1.29 is 19.2 Å². The zero-order valence-electron chi connectivity index (χ0n) is 16.9. The normalized spacial score (nSPS) is 17.4. The number of β-lactam (4-membered cyclic amide) rings is 1. The van der Waals surface area contributed by atoms with Gasteiger partial charge in [-0.2, -0.15) is 11.8 Å². The van der Waals surface area contributed by atoms with Crippen molar-refractivity contribution in [2.75, 3.05) is 11.5 Å². The van der Waals surface area contributed by atoms with Crippen LogP contribution < -0.4 is 0 Å². The van der Waals surface area contributed by atoms with Crippen LogP contribution >= 0.6 is 11.8 Å². The molecule has 2 aromatic carbocycles. The van der Waals surface area contributed by atoms with Gasteiger partial charge in [0, 0.05) is 30.3 Å². The molecule has 31 heavy (non-hydrogen) atoms. The van der Waals surface area contributed by atoms with Gasteiger partial charge in [0.25, 0.3) is 5.69 Å². The van der Waals surface area contributed by atoms with Crippen LogP contribution in [0.15, 0.2) is 65.9 Å². The standard InChI is InChI=1S/C23H22N2O5S/c26-21-13-20-12-18(15-31-11-10-16-4-2-1-3-5-16)22(24(20)21)23(27)30-14-17-6-8-19(9-7-17)25(28)29/h1-9,20H,10-15H2. The summed E-state index contributed by atoms with van der Waals surface area (Å²) in [5.41, 5.74) is 3.26. The Bertz CT molecular complexity index is 1020. The summed E-state index contributed by atoms with van der Waals surface area (Å²) in [5, 5.41) is 10.8. The van der Waals surface area contributed by atoms with Crippen molar-refractivity contribution in [2.24, 2.45) is 0 Å². The molecule has 1 amide bonds. The van der Waals surface area contributed by atoms with Crippen molar-refractivity contribution in [1.82, 2.24) is 4.90 Å². The van der Waals surface area contributed by atoms with Crippen LogP contribution in [0.1, 0.15) is 24.0 Å². The molecule has 0 spiro atoms. The lowest BCUT2D eigenvalue weighted by atomic mass is 10.0. The molecule has 2 aliphatic rings. The molecule has 160 valence electrons. The fraction of sp³-hybridized carbons (Fsp3) is 0.304. The molecular weight excluding hydrogens is 416 g/mol. The molecule has 1 fully saturated rings. The van der Waals surface area contributed by atoms with E-state index in [0.29, 0.717) is 29.9 Å². The number of fused-ring (bicyclic) bond motifs is 1. The van der Waals surface area contributed by atoms with Crippen molar-refractivity contribution in [2.45, 2.75) is 31.9 Å². The van der Waals surface area contributed by atoms with Gasteiger partial charge in [-0.05, 0) is 47.4 Å². The number of nitro groups is 1. The number of carbonyl (C=O) groups is 2. The Hall–Kier alpha value is -3.13. The molecule has 2 heterocycles. The minimum absolute atomic E-state index is 0.00144. The summed E-state index contributed by atoms with van der Waals surface area (Å²) in [7, 11) is 0. The molecule has 2 aromatic rings. The number of esters is 1. The number of rotatable bonds is 9. The minimum Gasteiger partial charge on any atom is -0.456 e. The molecule has 7 nitrogen and oxygen atoms in total. The molecule has 2 aliphatic heterocycles. The first-order valence-electron chi connectivity index (χ1n) is 10.1. The maximum Gasteiger partial charge on any atom is 0.355 e. The summed E-state index contributed by atoms with van der Waals surface area (Å²) in [6.07, 6.45) is 2.13. The van der Waals surface area contributed by atoms with E-state index in [9.17, 15) is 19.7 Å². The summed E-state index contributed by atoms with van der Waals surface area (Å²) >= 11 is 1.75. The van der Waals surface area contributed by atoms with Gasteiger partial charge in [0.2, 0.25) is 5.91 Å². The van der Waals surface area contributed by atoms with Crippen molar-refractivity contribution in [3.8, 4) is 0 Å². The third-order valence-corrected chi connectivity index (χ3v) is 6.51. The van der Waals surface area contributed by atoms with E-state index in [2.05, 4.69) is 12.1 Å². The molecule has 0 aliphatic carbocycles. The van der Waals surface area contributed by atoms with E-state index in [1.165, 1.54) is 17.7 Å². The Kier molecular flexibility index (Phi) is 6.36. The predicted molar refractivity (Wildman–Crippen MR) is 117 cm³/mol. The van der Waals surface area contributed by atoms with Gasteiger partial charge in [-0.25, -0.2) is 4.79 Å². The smallest absolute Gasteiger partial charge is 0.355 e. The quantitative estimate of drug-likeness (QED) is 0.194. The third-order valence-electron chi connectivity index (χ3n) is 5.47. The molecule has 0 radical (unpaired) electrons. The van der Waals surface area contributed by atoms with Crippen molar-refractivity contribution in [3.63, 3.8) is 0 Å². The number of non-ortho nitro benzene ring substituents is 1. The first-order valence-corrected chi connectivity index (χ1v) is 11.2. The fourth-order valence-corrected chi connectivity index (χ4v) is 4.86. The van der Waals surface area contributed by atoms with Gasteiger partial charge in [-0.1, -0.05) is 30.3 Å². The van der Waals surface area contributed by atoms with Crippen LogP contribution in [0.2, 0.25) is 0 Å². The first-order chi connectivity index (χ1) is 15.0. The molecule has 0 aromatic heterocycles. The van der Waals surface area contributed by atoms with E-state index >= 15 is 0 Å². The molecule has 0 N–H and O–H groups in total. The van der Waals surface area contributed by atoms with Gasteiger partial charge in [0.15, 0.2) is 0 Å². The number of hydrogen-bond acceptors (Lipinski definition) is 6. The van der Waals surface area contributed by atoms with Crippen LogP contribution in [-0.2, 0) is 27.4 Å². The molecule has 8 heteroatoms. The van der Waals surface area contributed by atoms with Crippen molar-refractivity contribution >= 4 is 29.3 Å². The van der Waals surface area contributed by atoms with Crippen molar-refractivity contribution in [3.05, 3.63) is 87.1 Å². The summed E-state index contributed by atoms with van der Waals surface area (Å²) in [5.74, 6) is 1.07. The number of thioether (sulfide) groups is 1. The van der Waals surface area contributed by atoms with Gasteiger partial charge in [-0.15, -0.1) is 0 Å². The summed E-state index contributed by atoms with van der Waals surface area (Å²) in [4.78, 5) is 36.7. The lowest BCUT2D eigenvalue weighted by Crippen LogP contribution is -2.49. The Labute approximate surface area is 184 Å². The second-order valence-corrected chi connectivity index (χ2v) is 8.67. The van der Waals surface area contributed by atoms with Crippen LogP contribution in [-0.4, -0.2) is 39.2 Å². The summed E-state index contributed by atoms with van der Waals surface area (Å²) in [6, 6.07) is 16.2. The predicted octanol–water partition coefficient (Wildman–Crippen LogP) is 3.87. The molecule has 1 unspecified atom stereocenters. The number of carbonyl (C=O) groups excluding carboxylic acids is 2. The first kappa shape index (κ1) is 21.1. The summed E-state index contributed by atoms with van der Waals surface area (Å²) in [6.45, 7) is 0.00144. The number of hydrogen-bond donors (Lipinski definition) is 0. The lowest BCUT2D eigenvalue weighted by Gasteiger charge is -2.35. The average molecular weight is 439 g/mol. The van der Waals surface area contributed by atoms with E-state index in [1.54, 1.807) is 28.8 Å². The average Bonchev–Trinajstić information content (AvgIpc) is 3.08. The zero-order valence-corrected chi connectivity index (χ0v) is 17.7. The molecule has 4 rings (SSSR count). The highest BCUT2D eigenvalue weighted by atomic mass is 32.2. The van der Waals surface area contributed by atoms with Crippen LogP contribution in [0, 0.1) is 10.1 Å². The number of aryl methyl sites for hydroxylation is 1. The SMILES string of the molecule is O=C(OCc1ccc([N+](=O)[O-])cc1)C1=C(CSCCc2ccccc2)CC2CC(=O)N12. The highest BCUT2D eigenvalue weighted by molar-refractivity contribution is 7.99. The number of nitrogens with zero attached hydrogens (tertiary/aromatic N) is 2. The van der Waals surface area contributed by atoms with E-state index in [4.69, 9.17) is 4.74 Å². The number of benzene rings is 2. The van der Waals surface area contributed by atoms with Gasteiger partial charge >= 0.3 is 5.97 Å². The van der Waals surface area contributed by atoms with Gasteiger partial charge < -0.3 is 9.64 Å². The van der Waals surface area contributed by atoms with Gasteiger partial charge in [0.05, 0.1) is 4.92 Å². The molecule has 0 bridgehead atoms. The molecular formula is C23H22N2O5S. The van der Waals surface area contributed by atoms with Crippen molar-refractivity contribution in [1.29, 1.82) is 0 Å². The minimum atomic E-state index is -0.507. The second kappa shape index (κ2) is 9.34. The van der Waals surface area contributed by atoms with Crippen LogP contribution in [0.4, 0.5) is 5.69 Å². The molecule has 0 saturated carbocycles. The van der Waals surface area contributed by atoms with Crippen LogP contribution in [0.25, 0.3) is 0 Å². The Morgan fingerprint density at radius 3 is 2.52 bits per heavy atom. The largest absolute Gasteiger partial charge is 0.456 e. The third kappa shape index (κ3) is 4.80. The van der Waals surface area contributed by atoms with E-state index in [1.807, 2.05) is 18.2 Å². The Morgan fingerprint density at radius 2 is 1.84 bits per heavy atom. The van der Waals surface area contributed by atoms with Crippen LogP contribution in [0.3, 0.4) is 0 Å².